The van der Waals surface area contributed by atoms with Crippen molar-refractivity contribution in [1.29, 1.82) is 0 Å². The lowest BCUT2D eigenvalue weighted by atomic mass is 10.3. The fourth-order valence-corrected chi connectivity index (χ4v) is 5.18. The topological polar surface area (TPSA) is 110 Å². The molecule has 1 aliphatic rings. The van der Waals surface area contributed by atoms with E-state index in [4.69, 9.17) is 0 Å². The quantitative estimate of drug-likeness (QED) is 0.464. The van der Waals surface area contributed by atoms with Crippen molar-refractivity contribution >= 4 is 30.2 Å². The molecule has 0 atom stereocenters. The van der Waals surface area contributed by atoms with Gasteiger partial charge in [-0.1, -0.05) is 0 Å². The predicted octanol–water partition coefficient (Wildman–Crippen LogP) is 3.65. The summed E-state index contributed by atoms with van der Waals surface area (Å²) in [5.74, 6) is 0. The van der Waals surface area contributed by atoms with Crippen LogP contribution in [0.3, 0.4) is 0 Å². The van der Waals surface area contributed by atoms with E-state index in [2.05, 4.69) is 0 Å². The van der Waals surface area contributed by atoms with Crippen LogP contribution in [-0.4, -0.2) is 29.6 Å². The molecule has 0 aromatic heterocycles. The summed E-state index contributed by atoms with van der Waals surface area (Å²) in [4.78, 5) is 20.5. The maximum absolute atomic E-state index is 13.3. The van der Waals surface area contributed by atoms with Crippen LogP contribution in [0, 0.1) is 20.2 Å². The second kappa shape index (κ2) is 6.18. The van der Waals surface area contributed by atoms with E-state index < -0.39 is 17.3 Å². The summed E-state index contributed by atoms with van der Waals surface area (Å²) in [5.41, 5.74) is 1.23. The third kappa shape index (κ3) is 3.06. The Hall–Kier alpha value is -2.93. The Balaban J connectivity index is 1.87. The first kappa shape index (κ1) is 16.9. The molecule has 0 saturated carbocycles. The minimum absolute atomic E-state index is 0.0268. The molecule has 0 N–H and O–H groups in total. The number of nitro benzene ring substituents is 2. The average Bonchev–Trinajstić information content (AvgIpc) is 2.90. The number of hydrogen-bond donors (Lipinski definition) is 0. The van der Waals surface area contributed by atoms with Crippen molar-refractivity contribution < 1.29 is 14.4 Å². The lowest BCUT2D eigenvalue weighted by molar-refractivity contribution is -0.385. The van der Waals surface area contributed by atoms with E-state index in [1.165, 1.54) is 24.3 Å². The van der Waals surface area contributed by atoms with Gasteiger partial charge in [-0.15, -0.1) is 0 Å². The molecule has 3 rings (SSSR count). The van der Waals surface area contributed by atoms with Crippen LogP contribution in [0.4, 0.5) is 22.7 Å². The molecule has 1 heterocycles. The minimum Gasteiger partial charge on any atom is -0.305 e. The summed E-state index contributed by atoms with van der Waals surface area (Å²) in [7, 11) is -2.96. The van der Waals surface area contributed by atoms with Gasteiger partial charge in [0, 0.05) is 55.4 Å². The highest BCUT2D eigenvalue weighted by atomic mass is 31.2. The summed E-state index contributed by atoms with van der Waals surface area (Å²) < 4.78 is 16.7. The highest BCUT2D eigenvalue weighted by molar-refractivity contribution is 7.66. The highest BCUT2D eigenvalue weighted by Crippen LogP contribution is 2.57. The molecule has 1 aliphatic heterocycles. The zero-order valence-electron chi connectivity index (χ0n) is 13.3. The molecule has 130 valence electrons. The molecule has 0 spiro atoms. The van der Waals surface area contributed by atoms with Crippen molar-refractivity contribution in [2.24, 2.45) is 0 Å². The summed E-state index contributed by atoms with van der Waals surface area (Å²) >= 11 is 0. The van der Waals surface area contributed by atoms with Gasteiger partial charge in [0.2, 0.25) is 0 Å². The lowest BCUT2D eigenvalue weighted by Gasteiger charge is -2.29. The van der Waals surface area contributed by atoms with Crippen molar-refractivity contribution in [3.63, 3.8) is 0 Å². The van der Waals surface area contributed by atoms with Crippen LogP contribution in [0.2, 0.25) is 0 Å². The van der Waals surface area contributed by atoms with E-state index in [-0.39, 0.29) is 11.4 Å². The monoisotopic (exact) mass is 362 g/mol. The van der Waals surface area contributed by atoms with Gasteiger partial charge < -0.3 is 9.34 Å². The maximum Gasteiger partial charge on any atom is 0.269 e. The average molecular weight is 362 g/mol. The molecule has 0 radical (unpaired) electrons. The summed E-state index contributed by atoms with van der Waals surface area (Å²) in [5, 5.41) is 21.5. The molecule has 25 heavy (non-hydrogen) atoms. The van der Waals surface area contributed by atoms with Crippen LogP contribution in [-0.2, 0) is 4.57 Å². The number of nitrogens with zero attached hydrogens (tertiary/aromatic N) is 4. The first-order chi connectivity index (χ1) is 11.8. The van der Waals surface area contributed by atoms with Gasteiger partial charge >= 0.3 is 0 Å². The summed E-state index contributed by atoms with van der Waals surface area (Å²) in [6, 6.07) is 11.8. The van der Waals surface area contributed by atoms with Crippen molar-refractivity contribution in [3.8, 4) is 0 Å². The van der Waals surface area contributed by atoms with E-state index in [0.717, 1.165) is 0 Å². The Morgan fingerprint density at radius 1 is 0.800 bits per heavy atom. The van der Waals surface area contributed by atoms with Crippen molar-refractivity contribution in [2.45, 2.75) is 0 Å². The van der Waals surface area contributed by atoms with E-state index in [1.54, 1.807) is 40.3 Å². The van der Waals surface area contributed by atoms with Crippen LogP contribution in [0.1, 0.15) is 0 Å². The SMILES string of the molecule is CP1(=O)N(c2ccc([N+](=O)[O-])cc2)CCN1c1ccc([N+](=O)[O-])cc1. The maximum atomic E-state index is 13.3. The molecule has 0 aliphatic carbocycles. The number of nitro groups is 2. The largest absolute Gasteiger partial charge is 0.305 e. The third-order valence-electron chi connectivity index (χ3n) is 4.14. The molecule has 2 aromatic carbocycles. The van der Waals surface area contributed by atoms with Crippen molar-refractivity contribution in [3.05, 3.63) is 68.8 Å². The van der Waals surface area contributed by atoms with Crippen molar-refractivity contribution in [2.75, 3.05) is 29.1 Å². The fourth-order valence-electron chi connectivity index (χ4n) is 2.87. The van der Waals surface area contributed by atoms with Gasteiger partial charge in [-0.25, -0.2) is 0 Å². The lowest BCUT2D eigenvalue weighted by Crippen LogP contribution is -2.17. The zero-order chi connectivity index (χ0) is 18.2. The Labute approximate surface area is 143 Å². The Bertz CT molecular complexity index is 799. The normalized spacial score (nSPS) is 16.0. The molecule has 2 aromatic rings. The third-order valence-corrected chi connectivity index (χ3v) is 6.79. The fraction of sp³-hybridized carbons (Fsp3) is 0.200. The van der Waals surface area contributed by atoms with Crippen LogP contribution in [0.5, 0.6) is 0 Å². The van der Waals surface area contributed by atoms with Crippen LogP contribution in [0.15, 0.2) is 48.5 Å². The number of non-ortho nitro benzene ring substituents is 2. The molecule has 9 nitrogen and oxygen atoms in total. The van der Waals surface area contributed by atoms with Gasteiger partial charge in [0.15, 0.2) is 0 Å². The second-order valence-corrected chi connectivity index (χ2v) is 8.26. The molecular weight excluding hydrogens is 347 g/mol. The number of benzene rings is 2. The molecule has 0 bridgehead atoms. The van der Waals surface area contributed by atoms with Crippen LogP contribution < -0.4 is 9.34 Å². The van der Waals surface area contributed by atoms with Gasteiger partial charge in [-0.2, -0.15) is 0 Å². The van der Waals surface area contributed by atoms with E-state index in [0.29, 0.717) is 24.5 Å². The zero-order valence-corrected chi connectivity index (χ0v) is 14.2. The Morgan fingerprint density at radius 2 is 1.12 bits per heavy atom. The Kier molecular flexibility index (Phi) is 4.18. The van der Waals surface area contributed by atoms with Gasteiger partial charge in [0.05, 0.1) is 9.85 Å². The minimum atomic E-state index is -2.96. The summed E-state index contributed by atoms with van der Waals surface area (Å²) in [6.07, 6.45) is 0. The first-order valence-corrected chi connectivity index (χ1v) is 9.49. The highest BCUT2D eigenvalue weighted by Gasteiger charge is 2.39. The number of anilines is 2. The standard InChI is InChI=1S/C15H15N4O5P/c1-25(24)16(12-2-6-14(7-3-12)18(20)21)10-11-17(25)13-4-8-15(9-5-13)19(22)23/h2-9H,10-11H2,1H3. The van der Waals surface area contributed by atoms with Gasteiger partial charge in [0.1, 0.15) is 0 Å². The van der Waals surface area contributed by atoms with Gasteiger partial charge in [-0.3, -0.25) is 24.8 Å². The molecule has 10 heteroatoms. The Morgan fingerprint density at radius 3 is 1.40 bits per heavy atom. The molecule has 1 fully saturated rings. The molecule has 0 amide bonds. The van der Waals surface area contributed by atoms with E-state index >= 15 is 0 Å². The van der Waals surface area contributed by atoms with Gasteiger partial charge in [-0.05, 0) is 24.3 Å². The molecule has 1 saturated heterocycles. The van der Waals surface area contributed by atoms with E-state index in [1.807, 2.05) is 0 Å². The predicted molar refractivity (Wildman–Crippen MR) is 94.4 cm³/mol. The molecule has 0 unspecified atom stereocenters. The van der Waals surface area contributed by atoms with Crippen LogP contribution in [0.25, 0.3) is 0 Å². The number of rotatable bonds is 4. The summed E-state index contributed by atoms with van der Waals surface area (Å²) in [6.45, 7) is 2.59. The van der Waals surface area contributed by atoms with Crippen molar-refractivity contribution in [1.82, 2.24) is 0 Å². The second-order valence-electron chi connectivity index (χ2n) is 5.63. The van der Waals surface area contributed by atoms with Crippen LogP contribution >= 0.6 is 7.44 Å². The molecular formula is C15H15N4O5P. The number of hydrogen-bond acceptors (Lipinski definition) is 5. The van der Waals surface area contributed by atoms with Gasteiger partial charge in [0.25, 0.3) is 18.8 Å². The first-order valence-electron chi connectivity index (χ1n) is 7.43. The smallest absolute Gasteiger partial charge is 0.269 e. The van der Waals surface area contributed by atoms with E-state index in [9.17, 15) is 24.8 Å².